The number of benzene rings is 2. The summed E-state index contributed by atoms with van der Waals surface area (Å²) in [5.74, 6) is 0.931. The summed E-state index contributed by atoms with van der Waals surface area (Å²) in [5, 5.41) is 9.29. The summed E-state index contributed by atoms with van der Waals surface area (Å²) in [7, 11) is 0. The van der Waals surface area contributed by atoms with Gasteiger partial charge in [0.25, 0.3) is 5.95 Å². The highest BCUT2D eigenvalue weighted by atomic mass is 35.5. The monoisotopic (exact) mass is 415 g/mol. The van der Waals surface area contributed by atoms with Gasteiger partial charge in [-0.25, -0.2) is 14.6 Å². The van der Waals surface area contributed by atoms with E-state index >= 15 is 0 Å². The van der Waals surface area contributed by atoms with Crippen LogP contribution in [0.3, 0.4) is 0 Å². The van der Waals surface area contributed by atoms with Gasteiger partial charge in [-0.15, -0.1) is 0 Å². The minimum Gasteiger partial charge on any atom is -0.309 e. The van der Waals surface area contributed by atoms with Crippen molar-refractivity contribution in [3.63, 3.8) is 0 Å². The fraction of sp³-hybridized carbons (Fsp3) is 0.208. The van der Waals surface area contributed by atoms with E-state index in [1.807, 2.05) is 35.0 Å². The molecule has 0 bridgehead atoms. The van der Waals surface area contributed by atoms with Crippen molar-refractivity contribution in [1.29, 1.82) is 0 Å². The first kappa shape index (κ1) is 19.0. The summed E-state index contributed by atoms with van der Waals surface area (Å²) in [6, 6.07) is 22.8. The lowest BCUT2D eigenvalue weighted by atomic mass is 9.89. The van der Waals surface area contributed by atoms with E-state index in [4.69, 9.17) is 16.7 Å². The smallest absolute Gasteiger partial charge is 0.250 e. The van der Waals surface area contributed by atoms with Gasteiger partial charge >= 0.3 is 0 Å². The number of piperidine rings is 1. The van der Waals surface area contributed by atoms with Crippen molar-refractivity contribution in [2.75, 3.05) is 6.54 Å². The zero-order valence-electron chi connectivity index (χ0n) is 16.4. The van der Waals surface area contributed by atoms with Crippen LogP contribution in [0.25, 0.3) is 17.2 Å². The van der Waals surface area contributed by atoms with Crippen LogP contribution in [0.4, 0.5) is 0 Å². The lowest BCUT2D eigenvalue weighted by Crippen LogP contribution is -2.33. The van der Waals surface area contributed by atoms with E-state index in [1.165, 1.54) is 5.56 Å². The van der Waals surface area contributed by atoms with E-state index in [-0.39, 0.29) is 0 Å². The Morgan fingerprint density at radius 2 is 1.67 bits per heavy atom. The molecule has 6 heteroatoms. The molecule has 1 fully saturated rings. The second kappa shape index (κ2) is 8.38. The number of hydrogen-bond donors (Lipinski definition) is 1. The first-order chi connectivity index (χ1) is 14.8. The highest BCUT2D eigenvalue weighted by Gasteiger charge is 2.27. The van der Waals surface area contributed by atoms with E-state index in [9.17, 15) is 0 Å². The van der Waals surface area contributed by atoms with Crippen molar-refractivity contribution in [2.45, 2.75) is 24.8 Å². The largest absolute Gasteiger partial charge is 0.309 e. The van der Waals surface area contributed by atoms with Crippen LogP contribution in [-0.4, -0.2) is 26.3 Å². The molecular formula is C24H22ClN5. The van der Waals surface area contributed by atoms with Crippen LogP contribution >= 0.6 is 11.6 Å². The Morgan fingerprint density at radius 3 is 2.37 bits per heavy atom. The highest BCUT2D eigenvalue weighted by Crippen LogP contribution is 2.34. The molecule has 1 N–H and O–H groups in total. The maximum Gasteiger partial charge on any atom is 0.250 e. The molecule has 1 aliphatic heterocycles. The molecule has 2 aromatic heterocycles. The predicted molar refractivity (Wildman–Crippen MR) is 119 cm³/mol. The molecule has 0 amide bonds. The second-order valence-corrected chi connectivity index (χ2v) is 8.00. The van der Waals surface area contributed by atoms with Crippen molar-refractivity contribution in [1.82, 2.24) is 25.1 Å². The molecule has 150 valence electrons. The number of nitrogens with one attached hydrogen (secondary N) is 1. The Kier molecular flexibility index (Phi) is 5.30. The van der Waals surface area contributed by atoms with E-state index in [1.54, 1.807) is 12.4 Å². The van der Waals surface area contributed by atoms with Crippen LogP contribution in [0, 0.1) is 0 Å². The van der Waals surface area contributed by atoms with Gasteiger partial charge in [-0.1, -0.05) is 54.1 Å². The van der Waals surface area contributed by atoms with Gasteiger partial charge in [0.05, 0.1) is 11.4 Å². The minimum atomic E-state index is 0.335. The summed E-state index contributed by atoms with van der Waals surface area (Å²) >= 11 is 6.06. The summed E-state index contributed by atoms with van der Waals surface area (Å²) in [4.78, 5) is 8.87. The molecule has 1 aliphatic rings. The van der Waals surface area contributed by atoms with Gasteiger partial charge in [0, 0.05) is 41.5 Å². The Morgan fingerprint density at radius 1 is 0.900 bits per heavy atom. The lowest BCUT2D eigenvalue weighted by Gasteiger charge is -2.30. The summed E-state index contributed by atoms with van der Waals surface area (Å²) < 4.78 is 1.89. The molecule has 2 aromatic carbocycles. The van der Waals surface area contributed by atoms with E-state index < -0.39 is 0 Å². The Balaban J connectivity index is 1.46. The quantitative estimate of drug-likeness (QED) is 0.498. The molecule has 0 saturated carbocycles. The molecule has 5 rings (SSSR count). The lowest BCUT2D eigenvalue weighted by molar-refractivity contribution is 0.365. The number of halogens is 1. The molecular weight excluding hydrogens is 394 g/mol. The van der Waals surface area contributed by atoms with Gasteiger partial charge in [-0.05, 0) is 42.7 Å². The summed E-state index contributed by atoms with van der Waals surface area (Å²) in [5.41, 5.74) is 4.41. The average Bonchev–Trinajstić information content (AvgIpc) is 3.26. The Hall–Kier alpha value is -3.02. The molecule has 5 nitrogen and oxygen atoms in total. The number of rotatable bonds is 4. The van der Waals surface area contributed by atoms with Gasteiger partial charge in [0.1, 0.15) is 0 Å². The minimum absolute atomic E-state index is 0.335. The van der Waals surface area contributed by atoms with Crippen LogP contribution in [-0.2, 0) is 0 Å². The fourth-order valence-electron chi connectivity index (χ4n) is 4.09. The second-order valence-electron chi connectivity index (χ2n) is 7.57. The van der Waals surface area contributed by atoms with Crippen LogP contribution in [0.2, 0.25) is 5.02 Å². The van der Waals surface area contributed by atoms with Crippen molar-refractivity contribution >= 4 is 11.6 Å². The van der Waals surface area contributed by atoms with Gasteiger partial charge in [-0.3, -0.25) is 0 Å². The van der Waals surface area contributed by atoms with Crippen LogP contribution in [0.1, 0.15) is 36.1 Å². The van der Waals surface area contributed by atoms with E-state index in [0.29, 0.717) is 22.9 Å². The van der Waals surface area contributed by atoms with Gasteiger partial charge < -0.3 is 5.32 Å². The molecule has 4 aromatic rings. The van der Waals surface area contributed by atoms with Crippen molar-refractivity contribution < 1.29 is 0 Å². The zero-order valence-corrected chi connectivity index (χ0v) is 17.2. The van der Waals surface area contributed by atoms with Crippen molar-refractivity contribution in [2.24, 2.45) is 0 Å². The molecule has 0 aliphatic carbocycles. The predicted octanol–water partition coefficient (Wildman–Crippen LogP) is 5.19. The SMILES string of the molecule is Clc1ccc(-c2cc(C3CCC(c4ccccc4)NC3)n(-c3ncccn3)n2)cc1. The van der Waals surface area contributed by atoms with Crippen LogP contribution in [0.5, 0.6) is 0 Å². The first-order valence-corrected chi connectivity index (χ1v) is 10.6. The number of aromatic nitrogens is 4. The maximum atomic E-state index is 6.06. The average molecular weight is 416 g/mol. The fourth-order valence-corrected chi connectivity index (χ4v) is 4.21. The topological polar surface area (TPSA) is 55.6 Å². The normalized spacial score (nSPS) is 19.0. The third-order valence-electron chi connectivity index (χ3n) is 5.65. The van der Waals surface area contributed by atoms with Crippen LogP contribution in [0.15, 0.2) is 79.1 Å². The maximum absolute atomic E-state index is 6.06. The van der Waals surface area contributed by atoms with Gasteiger partial charge in [0.2, 0.25) is 0 Å². The molecule has 2 atom stereocenters. The number of nitrogens with zero attached hydrogens (tertiary/aromatic N) is 4. The highest BCUT2D eigenvalue weighted by molar-refractivity contribution is 6.30. The number of hydrogen-bond acceptors (Lipinski definition) is 4. The van der Waals surface area contributed by atoms with Crippen LogP contribution < -0.4 is 5.32 Å². The molecule has 1 saturated heterocycles. The summed E-state index contributed by atoms with van der Waals surface area (Å²) in [6.45, 7) is 0.887. The molecule has 0 radical (unpaired) electrons. The third kappa shape index (κ3) is 3.86. The van der Waals surface area contributed by atoms with Crippen molar-refractivity contribution in [3.8, 4) is 17.2 Å². The Labute approximate surface area is 180 Å². The Bertz CT molecular complexity index is 1100. The van der Waals surface area contributed by atoms with Crippen molar-refractivity contribution in [3.05, 3.63) is 95.4 Å². The standard InChI is InChI=1S/C24H22ClN5/c25-20-10-7-18(8-11-20)22-15-23(30(29-22)24-26-13-4-14-27-24)19-9-12-21(28-16-19)17-5-2-1-3-6-17/h1-8,10-11,13-15,19,21,28H,9,12,16H2. The first-order valence-electron chi connectivity index (χ1n) is 10.2. The molecule has 3 heterocycles. The molecule has 2 unspecified atom stereocenters. The van der Waals surface area contributed by atoms with E-state index in [2.05, 4.69) is 51.7 Å². The molecule has 0 spiro atoms. The van der Waals surface area contributed by atoms with E-state index in [0.717, 1.165) is 36.3 Å². The zero-order chi connectivity index (χ0) is 20.3. The third-order valence-corrected chi connectivity index (χ3v) is 5.91. The molecule has 30 heavy (non-hydrogen) atoms. The van der Waals surface area contributed by atoms with Gasteiger partial charge in [0.15, 0.2) is 0 Å². The summed E-state index contributed by atoms with van der Waals surface area (Å²) in [6.07, 6.45) is 5.65. The van der Waals surface area contributed by atoms with Gasteiger partial charge in [-0.2, -0.15) is 5.10 Å².